The first-order valence-corrected chi connectivity index (χ1v) is 6.61. The van der Waals surface area contributed by atoms with Gasteiger partial charge < -0.3 is 10.4 Å². The van der Waals surface area contributed by atoms with Gasteiger partial charge in [-0.2, -0.15) is 0 Å². The fourth-order valence-corrected chi connectivity index (χ4v) is 2.33. The van der Waals surface area contributed by atoms with Gasteiger partial charge in [-0.25, -0.2) is 0 Å². The van der Waals surface area contributed by atoms with Crippen molar-refractivity contribution < 1.29 is 24.4 Å². The van der Waals surface area contributed by atoms with Gasteiger partial charge in [0, 0.05) is 12.1 Å². The molecule has 10 heteroatoms. The molecule has 0 radical (unpaired) electrons. The summed E-state index contributed by atoms with van der Waals surface area (Å²) >= 11 is 0.790. The normalized spacial score (nSPS) is 14.4. The van der Waals surface area contributed by atoms with Crippen molar-refractivity contribution in [1.82, 2.24) is 4.90 Å². The number of carbonyl (C=O) groups excluding carboxylic acids is 3. The number of nitrogens with one attached hydrogen (secondary N) is 1. The number of anilines is 1. The fourth-order valence-electron chi connectivity index (χ4n) is 1.60. The Morgan fingerprint density at radius 3 is 2.76 bits per heavy atom. The largest absolute Gasteiger partial charge is 0.506 e. The summed E-state index contributed by atoms with van der Waals surface area (Å²) in [6, 6.07) is 3.13. The molecule has 1 heterocycles. The van der Waals surface area contributed by atoms with Crippen LogP contribution in [0.25, 0.3) is 0 Å². The molecule has 0 spiro atoms. The number of phenols is 1. The number of nitro benzene ring substituents is 1. The van der Waals surface area contributed by atoms with Gasteiger partial charge in [-0.05, 0) is 6.07 Å². The molecule has 21 heavy (non-hydrogen) atoms. The van der Waals surface area contributed by atoms with Crippen LogP contribution in [0.15, 0.2) is 18.2 Å². The lowest BCUT2D eigenvalue weighted by Gasteiger charge is -2.13. The lowest BCUT2D eigenvalue weighted by atomic mass is 10.2. The van der Waals surface area contributed by atoms with Crippen LogP contribution in [0.4, 0.5) is 16.2 Å². The standard InChI is InChI=1S/C11H9N3O6S/c15-8-2-1-6(14(19)20)3-7(8)12-9(16)4-13-10(17)5-21-11(13)18/h1-3,15H,4-5H2,(H,12,16). The number of aromatic hydroxyl groups is 1. The van der Waals surface area contributed by atoms with Crippen molar-refractivity contribution in [2.24, 2.45) is 0 Å². The number of non-ortho nitro benzene ring substituents is 1. The molecule has 1 aromatic carbocycles. The second kappa shape index (κ2) is 5.79. The van der Waals surface area contributed by atoms with E-state index < -0.39 is 28.5 Å². The number of hydrogen-bond donors (Lipinski definition) is 2. The number of rotatable bonds is 4. The number of amides is 3. The number of nitrogens with zero attached hydrogens (tertiary/aromatic N) is 2. The number of nitro groups is 1. The van der Waals surface area contributed by atoms with Crippen LogP contribution in [0.5, 0.6) is 5.75 Å². The molecular weight excluding hydrogens is 302 g/mol. The van der Waals surface area contributed by atoms with Crippen molar-refractivity contribution in [3.05, 3.63) is 28.3 Å². The lowest BCUT2D eigenvalue weighted by Crippen LogP contribution is -2.36. The number of phenolic OH excluding ortho intramolecular Hbond substituents is 1. The Morgan fingerprint density at radius 1 is 1.48 bits per heavy atom. The average molecular weight is 311 g/mol. The zero-order valence-electron chi connectivity index (χ0n) is 10.4. The summed E-state index contributed by atoms with van der Waals surface area (Å²) in [5.41, 5.74) is -0.479. The van der Waals surface area contributed by atoms with Gasteiger partial charge in [0.1, 0.15) is 12.3 Å². The second-order valence-corrected chi connectivity index (χ2v) is 4.97. The van der Waals surface area contributed by atoms with E-state index in [1.165, 1.54) is 0 Å². The van der Waals surface area contributed by atoms with Gasteiger partial charge in [0.15, 0.2) is 0 Å². The highest BCUT2D eigenvalue weighted by atomic mass is 32.2. The summed E-state index contributed by atoms with van der Waals surface area (Å²) in [7, 11) is 0. The van der Waals surface area contributed by atoms with Crippen molar-refractivity contribution in [2.75, 3.05) is 17.6 Å². The monoisotopic (exact) mass is 311 g/mol. The maximum absolute atomic E-state index is 11.7. The van der Waals surface area contributed by atoms with Gasteiger partial charge in [-0.15, -0.1) is 0 Å². The minimum atomic E-state index is -0.741. The Morgan fingerprint density at radius 2 is 2.19 bits per heavy atom. The molecule has 0 aliphatic carbocycles. The molecule has 0 atom stereocenters. The molecule has 1 aliphatic heterocycles. The highest BCUT2D eigenvalue weighted by Crippen LogP contribution is 2.28. The molecule has 0 saturated carbocycles. The molecule has 1 saturated heterocycles. The smallest absolute Gasteiger partial charge is 0.289 e. The molecule has 1 fully saturated rings. The van der Waals surface area contributed by atoms with Gasteiger partial charge in [-0.3, -0.25) is 29.4 Å². The minimum absolute atomic E-state index is 0.0197. The van der Waals surface area contributed by atoms with Crippen LogP contribution in [0, 0.1) is 10.1 Å². The third kappa shape index (κ3) is 3.28. The van der Waals surface area contributed by atoms with Crippen LogP contribution < -0.4 is 5.32 Å². The number of thioether (sulfide) groups is 1. The summed E-state index contributed by atoms with van der Waals surface area (Å²) in [6.07, 6.45) is 0. The van der Waals surface area contributed by atoms with Crippen LogP contribution in [0.3, 0.4) is 0 Å². The molecule has 2 N–H and O–H groups in total. The average Bonchev–Trinajstić information content (AvgIpc) is 2.73. The molecule has 3 amide bonds. The van der Waals surface area contributed by atoms with Crippen molar-refractivity contribution >= 4 is 40.2 Å². The summed E-state index contributed by atoms with van der Waals surface area (Å²) in [5.74, 6) is -1.60. The van der Waals surface area contributed by atoms with Crippen molar-refractivity contribution in [2.45, 2.75) is 0 Å². The fraction of sp³-hybridized carbons (Fsp3) is 0.182. The van der Waals surface area contributed by atoms with E-state index in [2.05, 4.69) is 5.32 Å². The molecule has 2 rings (SSSR count). The summed E-state index contributed by atoms with van der Waals surface area (Å²) in [6.45, 7) is -0.507. The van der Waals surface area contributed by atoms with Crippen LogP contribution >= 0.6 is 11.8 Å². The Kier molecular flexibility index (Phi) is 4.08. The first-order chi connectivity index (χ1) is 9.88. The van der Waals surface area contributed by atoms with E-state index >= 15 is 0 Å². The van der Waals surface area contributed by atoms with Gasteiger partial charge in [0.2, 0.25) is 11.8 Å². The Balaban J connectivity index is 2.09. The third-order valence-corrected chi connectivity index (χ3v) is 3.47. The predicted octanol–water partition coefficient (Wildman–Crippen LogP) is 0.934. The lowest BCUT2D eigenvalue weighted by molar-refractivity contribution is -0.384. The van der Waals surface area contributed by atoms with Crippen LogP contribution in [0.2, 0.25) is 0 Å². The quantitative estimate of drug-likeness (QED) is 0.480. The van der Waals surface area contributed by atoms with Gasteiger partial charge >= 0.3 is 0 Å². The number of imide groups is 1. The Hall–Kier alpha value is -2.62. The molecule has 110 valence electrons. The molecule has 9 nitrogen and oxygen atoms in total. The van der Waals surface area contributed by atoms with Crippen molar-refractivity contribution in [1.29, 1.82) is 0 Å². The van der Waals surface area contributed by atoms with Crippen LogP contribution in [-0.4, -0.2) is 44.3 Å². The Bertz CT molecular complexity index is 631. The molecule has 0 bridgehead atoms. The highest BCUT2D eigenvalue weighted by Gasteiger charge is 2.31. The predicted molar refractivity (Wildman–Crippen MR) is 73.0 cm³/mol. The van der Waals surface area contributed by atoms with Crippen LogP contribution in [0.1, 0.15) is 0 Å². The van der Waals surface area contributed by atoms with Crippen LogP contribution in [-0.2, 0) is 9.59 Å². The molecule has 1 aliphatic rings. The van der Waals surface area contributed by atoms with Crippen molar-refractivity contribution in [3.8, 4) is 5.75 Å². The zero-order chi connectivity index (χ0) is 15.6. The maximum atomic E-state index is 11.7. The van der Waals surface area contributed by atoms with Gasteiger partial charge in [0.05, 0.1) is 16.4 Å². The van der Waals surface area contributed by atoms with Gasteiger partial charge in [0.25, 0.3) is 10.9 Å². The number of benzene rings is 1. The second-order valence-electron chi connectivity index (χ2n) is 4.04. The number of carbonyl (C=O) groups is 3. The maximum Gasteiger partial charge on any atom is 0.289 e. The first-order valence-electron chi connectivity index (χ1n) is 5.63. The summed E-state index contributed by atoms with van der Waals surface area (Å²) < 4.78 is 0. The SMILES string of the molecule is O=C(CN1C(=O)CSC1=O)Nc1cc([N+](=O)[O-])ccc1O. The van der Waals surface area contributed by atoms with E-state index in [0.717, 1.165) is 34.9 Å². The van der Waals surface area contributed by atoms with Gasteiger partial charge in [-0.1, -0.05) is 11.8 Å². The zero-order valence-corrected chi connectivity index (χ0v) is 11.3. The topological polar surface area (TPSA) is 130 Å². The van der Waals surface area contributed by atoms with E-state index in [1.807, 2.05) is 0 Å². The Labute approximate surface area is 122 Å². The molecule has 0 unspecified atom stereocenters. The van der Waals surface area contributed by atoms with E-state index in [-0.39, 0.29) is 22.9 Å². The minimum Gasteiger partial charge on any atom is -0.506 e. The number of hydrogen-bond acceptors (Lipinski definition) is 7. The van der Waals surface area contributed by atoms with E-state index in [1.54, 1.807) is 0 Å². The van der Waals surface area contributed by atoms with E-state index in [4.69, 9.17) is 0 Å². The van der Waals surface area contributed by atoms with Crippen molar-refractivity contribution in [3.63, 3.8) is 0 Å². The highest BCUT2D eigenvalue weighted by molar-refractivity contribution is 8.14. The molecular formula is C11H9N3O6S. The molecule has 0 aromatic heterocycles. The van der Waals surface area contributed by atoms with E-state index in [9.17, 15) is 29.6 Å². The first kappa shape index (κ1) is 14.8. The summed E-state index contributed by atoms with van der Waals surface area (Å²) in [4.78, 5) is 45.1. The molecule has 1 aromatic rings. The third-order valence-electron chi connectivity index (χ3n) is 2.61. The summed E-state index contributed by atoms with van der Waals surface area (Å²) in [5, 5.41) is 21.9. The van der Waals surface area contributed by atoms with E-state index in [0.29, 0.717) is 0 Å².